The predicted molar refractivity (Wildman–Crippen MR) is 52.4 cm³/mol. The van der Waals surface area contributed by atoms with E-state index in [-0.39, 0.29) is 5.97 Å². The Bertz CT molecular complexity index is 437. The van der Waals surface area contributed by atoms with E-state index < -0.39 is 0 Å². The van der Waals surface area contributed by atoms with Gasteiger partial charge in [-0.05, 0) is 11.5 Å². The second kappa shape index (κ2) is 3.81. The molecule has 0 aliphatic heterocycles. The summed E-state index contributed by atoms with van der Waals surface area (Å²) in [6.07, 6.45) is 1.48. The van der Waals surface area contributed by atoms with E-state index in [9.17, 15) is 4.79 Å². The van der Waals surface area contributed by atoms with Crippen molar-refractivity contribution in [1.82, 2.24) is 14.6 Å². The second-order valence-corrected chi connectivity index (χ2v) is 3.95. The third-order valence-corrected chi connectivity index (χ3v) is 2.98. The summed E-state index contributed by atoms with van der Waals surface area (Å²) in [6.45, 7) is 0. The minimum Gasteiger partial charge on any atom is -0.465 e. The SMILES string of the molecule is COC(=O)c1cnc(-c2csnn2)s1. The number of ether oxygens (including phenoxy) is 1. The van der Waals surface area contributed by atoms with Crippen molar-refractivity contribution in [3.05, 3.63) is 16.5 Å². The van der Waals surface area contributed by atoms with Crippen LogP contribution in [-0.4, -0.2) is 27.7 Å². The van der Waals surface area contributed by atoms with Crippen LogP contribution < -0.4 is 0 Å². The number of hydrogen-bond acceptors (Lipinski definition) is 7. The number of methoxy groups -OCH3 is 1. The van der Waals surface area contributed by atoms with Crippen molar-refractivity contribution in [3.63, 3.8) is 0 Å². The number of rotatable bonds is 2. The molecule has 0 N–H and O–H groups in total. The van der Waals surface area contributed by atoms with Gasteiger partial charge in [0.1, 0.15) is 15.6 Å². The molecular formula is C7H5N3O2S2. The number of nitrogens with zero attached hydrogens (tertiary/aromatic N) is 3. The van der Waals surface area contributed by atoms with Gasteiger partial charge in [0.05, 0.1) is 13.3 Å². The zero-order chi connectivity index (χ0) is 9.97. The van der Waals surface area contributed by atoms with Crippen LogP contribution in [0.2, 0.25) is 0 Å². The van der Waals surface area contributed by atoms with E-state index in [1.165, 1.54) is 36.2 Å². The minimum absolute atomic E-state index is 0.378. The van der Waals surface area contributed by atoms with E-state index in [0.717, 1.165) is 0 Å². The highest BCUT2D eigenvalue weighted by atomic mass is 32.1. The molecule has 14 heavy (non-hydrogen) atoms. The van der Waals surface area contributed by atoms with Gasteiger partial charge in [-0.1, -0.05) is 4.49 Å². The fraction of sp³-hybridized carbons (Fsp3) is 0.143. The average Bonchev–Trinajstić information content (AvgIpc) is 2.86. The van der Waals surface area contributed by atoms with Crippen LogP contribution in [0.4, 0.5) is 0 Å². The first-order valence-corrected chi connectivity index (χ1v) is 5.28. The van der Waals surface area contributed by atoms with Gasteiger partial charge in [-0.3, -0.25) is 0 Å². The first-order chi connectivity index (χ1) is 6.81. The molecule has 7 heteroatoms. The molecule has 0 unspecified atom stereocenters. The first kappa shape index (κ1) is 9.22. The molecule has 0 amide bonds. The van der Waals surface area contributed by atoms with Gasteiger partial charge in [-0.2, -0.15) is 0 Å². The Labute approximate surface area is 87.5 Å². The van der Waals surface area contributed by atoms with Gasteiger partial charge in [0.2, 0.25) is 0 Å². The normalized spacial score (nSPS) is 10.1. The number of esters is 1. The Morgan fingerprint density at radius 3 is 3.07 bits per heavy atom. The van der Waals surface area contributed by atoms with Crippen molar-refractivity contribution < 1.29 is 9.53 Å². The van der Waals surface area contributed by atoms with E-state index in [1.807, 2.05) is 0 Å². The maximum absolute atomic E-state index is 11.1. The van der Waals surface area contributed by atoms with Crippen molar-refractivity contribution in [2.45, 2.75) is 0 Å². The van der Waals surface area contributed by atoms with Crippen LogP contribution in [0.1, 0.15) is 9.67 Å². The number of hydrogen-bond donors (Lipinski definition) is 0. The lowest BCUT2D eigenvalue weighted by molar-refractivity contribution is 0.0606. The van der Waals surface area contributed by atoms with Crippen LogP contribution in [0, 0.1) is 0 Å². The maximum atomic E-state index is 11.1. The molecule has 0 aliphatic rings. The van der Waals surface area contributed by atoms with Gasteiger partial charge in [0, 0.05) is 5.38 Å². The lowest BCUT2D eigenvalue weighted by Crippen LogP contribution is -1.96. The summed E-state index contributed by atoms with van der Waals surface area (Å²) < 4.78 is 8.28. The fourth-order valence-corrected chi connectivity index (χ4v) is 2.15. The zero-order valence-electron chi connectivity index (χ0n) is 7.13. The molecule has 0 fully saturated rings. The molecule has 2 aromatic heterocycles. The standard InChI is InChI=1S/C7H5N3O2S2/c1-12-7(11)5-2-8-6(14-5)4-3-13-10-9-4/h2-3H,1H3. The summed E-state index contributed by atoms with van der Waals surface area (Å²) in [5.74, 6) is -0.378. The van der Waals surface area contributed by atoms with Crippen molar-refractivity contribution >= 4 is 28.8 Å². The number of carbonyl (C=O) groups is 1. The van der Waals surface area contributed by atoms with Crippen LogP contribution in [0.15, 0.2) is 11.6 Å². The van der Waals surface area contributed by atoms with E-state index in [0.29, 0.717) is 15.6 Å². The van der Waals surface area contributed by atoms with Crippen LogP contribution in [-0.2, 0) is 4.74 Å². The van der Waals surface area contributed by atoms with E-state index in [2.05, 4.69) is 19.3 Å². The van der Waals surface area contributed by atoms with Crippen LogP contribution in [0.3, 0.4) is 0 Å². The number of carbonyl (C=O) groups excluding carboxylic acids is 1. The lowest BCUT2D eigenvalue weighted by atomic mass is 10.5. The Balaban J connectivity index is 2.31. The smallest absolute Gasteiger partial charge is 0.349 e. The maximum Gasteiger partial charge on any atom is 0.349 e. The highest BCUT2D eigenvalue weighted by Crippen LogP contribution is 2.24. The summed E-state index contributed by atoms with van der Waals surface area (Å²) in [5, 5.41) is 6.31. The van der Waals surface area contributed by atoms with E-state index >= 15 is 0 Å². The molecule has 2 heterocycles. The highest BCUT2D eigenvalue weighted by Gasteiger charge is 2.12. The molecule has 72 valence electrons. The molecule has 2 aromatic rings. The Morgan fingerprint density at radius 2 is 2.43 bits per heavy atom. The first-order valence-electron chi connectivity index (χ1n) is 3.63. The summed E-state index contributed by atoms with van der Waals surface area (Å²) in [6, 6.07) is 0. The molecule has 5 nitrogen and oxygen atoms in total. The molecule has 0 spiro atoms. The quantitative estimate of drug-likeness (QED) is 0.726. The molecule has 2 rings (SSSR count). The van der Waals surface area contributed by atoms with Crippen molar-refractivity contribution in [2.75, 3.05) is 7.11 Å². The molecule has 0 aromatic carbocycles. The van der Waals surface area contributed by atoms with Gasteiger partial charge < -0.3 is 4.74 Å². The summed E-state index contributed by atoms with van der Waals surface area (Å²) in [4.78, 5) is 15.6. The highest BCUT2D eigenvalue weighted by molar-refractivity contribution is 7.17. The number of thiazole rings is 1. The molecule has 0 bridgehead atoms. The molecule has 0 saturated carbocycles. The molecular weight excluding hydrogens is 222 g/mol. The summed E-state index contributed by atoms with van der Waals surface area (Å²) in [5.41, 5.74) is 0.690. The second-order valence-electron chi connectivity index (χ2n) is 2.31. The van der Waals surface area contributed by atoms with Crippen LogP contribution in [0.25, 0.3) is 10.7 Å². The van der Waals surface area contributed by atoms with Gasteiger partial charge in [0.15, 0.2) is 0 Å². The molecule has 0 radical (unpaired) electrons. The minimum atomic E-state index is -0.378. The lowest BCUT2D eigenvalue weighted by Gasteiger charge is -1.90. The van der Waals surface area contributed by atoms with Gasteiger partial charge in [-0.25, -0.2) is 9.78 Å². The van der Waals surface area contributed by atoms with E-state index in [1.54, 1.807) is 5.38 Å². The number of aromatic nitrogens is 3. The Hall–Kier alpha value is -1.34. The van der Waals surface area contributed by atoms with Gasteiger partial charge in [0.25, 0.3) is 0 Å². The third-order valence-electron chi connectivity index (χ3n) is 1.47. The largest absolute Gasteiger partial charge is 0.465 e. The van der Waals surface area contributed by atoms with Crippen molar-refractivity contribution in [2.24, 2.45) is 0 Å². The molecule has 0 aliphatic carbocycles. The van der Waals surface area contributed by atoms with Gasteiger partial charge >= 0.3 is 5.97 Å². The molecule has 0 atom stereocenters. The molecule has 0 saturated heterocycles. The Morgan fingerprint density at radius 1 is 1.57 bits per heavy atom. The van der Waals surface area contributed by atoms with Crippen molar-refractivity contribution in [1.29, 1.82) is 0 Å². The van der Waals surface area contributed by atoms with Crippen LogP contribution in [0.5, 0.6) is 0 Å². The van der Waals surface area contributed by atoms with Crippen molar-refractivity contribution in [3.8, 4) is 10.7 Å². The Kier molecular flexibility index (Phi) is 2.51. The zero-order valence-corrected chi connectivity index (χ0v) is 8.76. The predicted octanol–water partition coefficient (Wildman–Crippen LogP) is 1.45. The topological polar surface area (TPSA) is 65.0 Å². The average molecular weight is 227 g/mol. The van der Waals surface area contributed by atoms with Gasteiger partial charge in [-0.15, -0.1) is 16.4 Å². The summed E-state index contributed by atoms with van der Waals surface area (Å²) in [7, 11) is 1.34. The fourth-order valence-electron chi connectivity index (χ4n) is 0.845. The summed E-state index contributed by atoms with van der Waals surface area (Å²) >= 11 is 2.49. The third kappa shape index (κ3) is 1.64. The van der Waals surface area contributed by atoms with Crippen LogP contribution >= 0.6 is 22.9 Å². The monoisotopic (exact) mass is 227 g/mol. The van der Waals surface area contributed by atoms with E-state index in [4.69, 9.17) is 0 Å².